The molecule has 232 valence electrons. The van der Waals surface area contributed by atoms with Gasteiger partial charge in [-0.2, -0.15) is 0 Å². The van der Waals surface area contributed by atoms with Gasteiger partial charge in [-0.25, -0.2) is 14.2 Å². The minimum atomic E-state index is -0.369. The third-order valence-electron chi connectivity index (χ3n) is 7.79. The molecule has 0 saturated carbocycles. The highest BCUT2D eigenvalue weighted by molar-refractivity contribution is 6.06. The lowest BCUT2D eigenvalue weighted by Gasteiger charge is -2.22. The third-order valence-corrected chi connectivity index (χ3v) is 7.79. The van der Waals surface area contributed by atoms with Gasteiger partial charge in [-0.1, -0.05) is 37.3 Å². The SMILES string of the molecule is CCC(CCN(C)c1ccc(NC(=O)c2oc3ccc(-c4ccc(F)cc4)cc3c2C)cn1)OCc1cccc(C(=O)OC)c1. The summed E-state index contributed by atoms with van der Waals surface area (Å²) >= 11 is 0. The number of nitrogens with zero attached hydrogens (tertiary/aromatic N) is 2. The number of anilines is 2. The highest BCUT2D eigenvalue weighted by Gasteiger charge is 2.19. The van der Waals surface area contributed by atoms with Crippen LogP contribution in [0.3, 0.4) is 0 Å². The van der Waals surface area contributed by atoms with Crippen molar-refractivity contribution in [2.24, 2.45) is 0 Å². The zero-order chi connectivity index (χ0) is 31.9. The summed E-state index contributed by atoms with van der Waals surface area (Å²) in [4.78, 5) is 31.5. The Hall–Kier alpha value is -5.02. The van der Waals surface area contributed by atoms with Gasteiger partial charge in [0, 0.05) is 24.5 Å². The lowest BCUT2D eigenvalue weighted by Crippen LogP contribution is -2.25. The van der Waals surface area contributed by atoms with E-state index >= 15 is 0 Å². The van der Waals surface area contributed by atoms with Crippen molar-refractivity contribution in [2.45, 2.75) is 39.4 Å². The van der Waals surface area contributed by atoms with Gasteiger partial charge in [0.25, 0.3) is 5.91 Å². The molecule has 0 radical (unpaired) electrons. The van der Waals surface area contributed by atoms with E-state index in [4.69, 9.17) is 13.9 Å². The molecule has 0 bridgehead atoms. The monoisotopic (exact) mass is 609 g/mol. The molecule has 9 heteroatoms. The standard InChI is InChI=1S/C36H36FN3O5/c1-5-30(44-22-24-7-6-8-27(19-24)36(42)43-4)17-18-40(3)33-16-14-29(21-38-33)39-35(41)34-23(2)31-20-26(11-15-32(31)45-34)25-9-12-28(37)13-10-25/h6-16,19-21,30H,5,17-18,22H2,1-4H3,(H,39,41). The van der Waals surface area contributed by atoms with E-state index < -0.39 is 0 Å². The molecule has 0 aliphatic carbocycles. The van der Waals surface area contributed by atoms with Crippen molar-refractivity contribution >= 4 is 34.4 Å². The third kappa shape index (κ3) is 7.56. The smallest absolute Gasteiger partial charge is 0.337 e. The number of furan rings is 1. The summed E-state index contributed by atoms with van der Waals surface area (Å²) in [7, 11) is 3.33. The van der Waals surface area contributed by atoms with Crippen molar-refractivity contribution in [1.82, 2.24) is 4.98 Å². The molecule has 1 atom stereocenters. The first-order valence-corrected chi connectivity index (χ1v) is 14.8. The van der Waals surface area contributed by atoms with Crippen molar-refractivity contribution in [2.75, 3.05) is 30.9 Å². The summed E-state index contributed by atoms with van der Waals surface area (Å²) in [6.45, 7) is 5.05. The minimum Gasteiger partial charge on any atom is -0.465 e. The van der Waals surface area contributed by atoms with Gasteiger partial charge in [-0.05, 0) is 85.0 Å². The number of fused-ring (bicyclic) bond motifs is 1. The minimum absolute atomic E-state index is 0.0339. The molecule has 1 amide bonds. The van der Waals surface area contributed by atoms with Gasteiger partial charge in [0.2, 0.25) is 0 Å². The fourth-order valence-electron chi connectivity index (χ4n) is 5.11. The maximum absolute atomic E-state index is 13.4. The lowest BCUT2D eigenvalue weighted by molar-refractivity contribution is 0.0340. The van der Waals surface area contributed by atoms with Crippen LogP contribution in [0.25, 0.3) is 22.1 Å². The zero-order valence-corrected chi connectivity index (χ0v) is 25.8. The Bertz CT molecular complexity index is 1780. The number of hydrogen-bond donors (Lipinski definition) is 1. The van der Waals surface area contributed by atoms with Crippen LogP contribution in [0, 0.1) is 12.7 Å². The van der Waals surface area contributed by atoms with Crippen LogP contribution in [0.4, 0.5) is 15.9 Å². The summed E-state index contributed by atoms with van der Waals surface area (Å²) in [6.07, 6.45) is 3.29. The van der Waals surface area contributed by atoms with Crippen LogP contribution in [0.2, 0.25) is 0 Å². The molecule has 5 aromatic rings. The van der Waals surface area contributed by atoms with Gasteiger partial charge in [0.1, 0.15) is 17.2 Å². The van der Waals surface area contributed by atoms with Crippen LogP contribution < -0.4 is 10.2 Å². The summed E-state index contributed by atoms with van der Waals surface area (Å²) in [5.41, 5.74) is 5.07. The highest BCUT2D eigenvalue weighted by Crippen LogP contribution is 2.31. The number of pyridine rings is 1. The number of aryl methyl sites for hydroxylation is 1. The molecule has 45 heavy (non-hydrogen) atoms. The summed E-state index contributed by atoms with van der Waals surface area (Å²) in [5, 5.41) is 3.70. The zero-order valence-electron chi connectivity index (χ0n) is 25.8. The number of aromatic nitrogens is 1. The van der Waals surface area contributed by atoms with E-state index in [1.165, 1.54) is 19.2 Å². The average molecular weight is 610 g/mol. The second-order valence-electron chi connectivity index (χ2n) is 10.9. The van der Waals surface area contributed by atoms with E-state index in [2.05, 4.69) is 17.2 Å². The molecule has 0 aliphatic rings. The van der Waals surface area contributed by atoms with Gasteiger partial charge in [0.15, 0.2) is 5.76 Å². The Kier molecular flexibility index (Phi) is 9.89. The largest absolute Gasteiger partial charge is 0.465 e. The Balaban J connectivity index is 1.16. The number of esters is 1. The van der Waals surface area contributed by atoms with Crippen LogP contribution in [-0.2, 0) is 16.1 Å². The van der Waals surface area contributed by atoms with Crippen molar-refractivity contribution in [3.05, 3.63) is 113 Å². The van der Waals surface area contributed by atoms with Crippen molar-refractivity contribution in [1.29, 1.82) is 0 Å². The number of carbonyl (C=O) groups is 2. The predicted octanol–water partition coefficient (Wildman–Crippen LogP) is 7.80. The maximum Gasteiger partial charge on any atom is 0.337 e. The fourth-order valence-corrected chi connectivity index (χ4v) is 5.11. The maximum atomic E-state index is 13.4. The lowest BCUT2D eigenvalue weighted by atomic mass is 10.0. The van der Waals surface area contributed by atoms with Crippen LogP contribution in [0.1, 0.15) is 51.8 Å². The Morgan fingerprint density at radius 2 is 1.80 bits per heavy atom. The molecule has 2 heterocycles. The molecule has 0 fully saturated rings. The number of methoxy groups -OCH3 is 1. The number of ether oxygens (including phenoxy) is 2. The first kappa shape index (κ1) is 31.4. The Morgan fingerprint density at radius 3 is 2.51 bits per heavy atom. The van der Waals surface area contributed by atoms with Gasteiger partial charge in [-0.15, -0.1) is 0 Å². The Morgan fingerprint density at radius 1 is 1.02 bits per heavy atom. The molecule has 5 rings (SSSR count). The van der Waals surface area contributed by atoms with E-state index in [-0.39, 0.29) is 29.6 Å². The molecule has 8 nitrogen and oxygen atoms in total. The number of halogens is 1. The van der Waals surface area contributed by atoms with Crippen molar-refractivity contribution in [3.8, 4) is 11.1 Å². The average Bonchev–Trinajstić information content (AvgIpc) is 3.40. The number of rotatable bonds is 12. The van der Waals surface area contributed by atoms with E-state index in [9.17, 15) is 14.0 Å². The fraction of sp³-hybridized carbons (Fsp3) is 0.250. The topological polar surface area (TPSA) is 93.9 Å². The van der Waals surface area contributed by atoms with Crippen LogP contribution >= 0.6 is 0 Å². The van der Waals surface area contributed by atoms with Gasteiger partial charge < -0.3 is 24.1 Å². The summed E-state index contributed by atoms with van der Waals surface area (Å²) < 4.78 is 30.2. The molecule has 1 unspecified atom stereocenters. The van der Waals surface area contributed by atoms with Crippen LogP contribution in [0.5, 0.6) is 0 Å². The highest BCUT2D eigenvalue weighted by atomic mass is 19.1. The normalized spacial score (nSPS) is 11.8. The molecule has 2 aromatic heterocycles. The van der Waals surface area contributed by atoms with E-state index in [1.54, 1.807) is 30.5 Å². The first-order chi connectivity index (χ1) is 21.7. The van der Waals surface area contributed by atoms with Gasteiger partial charge in [0.05, 0.1) is 37.3 Å². The molecule has 0 aliphatic heterocycles. The van der Waals surface area contributed by atoms with Crippen molar-refractivity contribution in [3.63, 3.8) is 0 Å². The van der Waals surface area contributed by atoms with E-state index in [1.807, 2.05) is 61.3 Å². The molecule has 1 N–H and O–H groups in total. The summed E-state index contributed by atoms with van der Waals surface area (Å²) in [5.74, 6) is -0.0336. The molecular weight excluding hydrogens is 573 g/mol. The number of hydrogen-bond acceptors (Lipinski definition) is 7. The second-order valence-corrected chi connectivity index (χ2v) is 10.9. The summed E-state index contributed by atoms with van der Waals surface area (Å²) in [6, 6.07) is 22.9. The molecular formula is C36H36FN3O5. The second kappa shape index (κ2) is 14.2. The predicted molar refractivity (Wildman–Crippen MR) is 173 cm³/mol. The molecule has 3 aromatic carbocycles. The van der Waals surface area contributed by atoms with Gasteiger partial charge in [-0.3, -0.25) is 4.79 Å². The van der Waals surface area contributed by atoms with Crippen molar-refractivity contribution < 1.29 is 27.9 Å². The molecule has 0 saturated heterocycles. The molecule has 0 spiro atoms. The van der Waals surface area contributed by atoms with E-state index in [0.29, 0.717) is 23.4 Å². The Labute approximate surface area is 261 Å². The van der Waals surface area contributed by atoms with Crippen LogP contribution in [-0.4, -0.2) is 43.7 Å². The quantitative estimate of drug-likeness (QED) is 0.144. The number of nitrogens with one attached hydrogen (secondary N) is 1. The van der Waals surface area contributed by atoms with E-state index in [0.717, 1.165) is 52.8 Å². The van der Waals surface area contributed by atoms with Crippen LogP contribution in [0.15, 0.2) is 89.5 Å². The first-order valence-electron chi connectivity index (χ1n) is 14.8. The number of carbonyl (C=O) groups excluding carboxylic acids is 2. The number of benzene rings is 3. The van der Waals surface area contributed by atoms with Gasteiger partial charge >= 0.3 is 5.97 Å². The number of amides is 1.